The summed E-state index contributed by atoms with van der Waals surface area (Å²) in [6, 6.07) is 0. The molecule has 0 atom stereocenters. The molecule has 0 unspecified atom stereocenters. The highest BCUT2D eigenvalue weighted by molar-refractivity contribution is 5.66. The molecule has 5 nitrogen and oxygen atoms in total. The van der Waals surface area contributed by atoms with Crippen LogP contribution in [0, 0.1) is 6.92 Å². The molecule has 0 radical (unpaired) electrons. The van der Waals surface area contributed by atoms with Gasteiger partial charge in [-0.15, -0.1) is 0 Å². The quantitative estimate of drug-likeness (QED) is 0.771. The molecule has 0 aliphatic carbocycles. The van der Waals surface area contributed by atoms with Crippen LogP contribution in [0.15, 0.2) is 6.20 Å². The third-order valence-corrected chi connectivity index (χ3v) is 2.28. The van der Waals surface area contributed by atoms with E-state index in [-0.39, 0.29) is 6.09 Å². The Labute approximate surface area is 95.8 Å². The molecule has 90 valence electrons. The topological polar surface area (TPSA) is 56.1 Å². The fraction of sp³-hybridized carbons (Fsp3) is 0.636. The van der Waals surface area contributed by atoms with Crippen molar-refractivity contribution in [3.05, 3.63) is 17.5 Å². The van der Waals surface area contributed by atoms with Crippen molar-refractivity contribution in [3.63, 3.8) is 0 Å². The van der Waals surface area contributed by atoms with Crippen LogP contribution in [0.5, 0.6) is 0 Å². The lowest BCUT2D eigenvalue weighted by molar-refractivity contribution is 0.152. The molecule has 0 spiro atoms. The lowest BCUT2D eigenvalue weighted by Gasteiger charge is -2.04. The maximum absolute atomic E-state index is 11.0. The summed E-state index contributed by atoms with van der Waals surface area (Å²) < 4.78 is 6.56. The summed E-state index contributed by atoms with van der Waals surface area (Å²) in [4.78, 5) is 11.0. The minimum atomic E-state index is -0.342. The van der Waals surface area contributed by atoms with Crippen molar-refractivity contribution >= 4 is 6.09 Å². The number of nitrogens with one attached hydrogen (secondary N) is 1. The van der Waals surface area contributed by atoms with Gasteiger partial charge in [0.05, 0.1) is 12.3 Å². The predicted molar refractivity (Wildman–Crippen MR) is 61.3 cm³/mol. The van der Waals surface area contributed by atoms with Crippen molar-refractivity contribution in [2.75, 3.05) is 13.2 Å². The van der Waals surface area contributed by atoms with E-state index in [1.54, 1.807) is 6.92 Å². The van der Waals surface area contributed by atoms with E-state index >= 15 is 0 Å². The molecule has 1 aromatic rings. The molecular weight excluding hydrogens is 206 g/mol. The number of carbonyl (C=O) groups excluding carboxylic acids is 1. The fourth-order valence-corrected chi connectivity index (χ4v) is 1.55. The van der Waals surface area contributed by atoms with Crippen molar-refractivity contribution in [3.8, 4) is 0 Å². The molecule has 0 aromatic carbocycles. The first kappa shape index (κ1) is 12.5. The molecule has 1 rings (SSSR count). The molecule has 0 aliphatic rings. The SMILES string of the molecule is CCOC(=O)NCCCc1cn(C)nc1C. The maximum Gasteiger partial charge on any atom is 0.407 e. The molecule has 1 N–H and O–H groups in total. The van der Waals surface area contributed by atoms with Gasteiger partial charge >= 0.3 is 6.09 Å². The second-order valence-electron chi connectivity index (χ2n) is 3.66. The van der Waals surface area contributed by atoms with Crippen LogP contribution in [0.2, 0.25) is 0 Å². The summed E-state index contributed by atoms with van der Waals surface area (Å²) in [6.45, 7) is 4.83. The molecule has 0 aliphatic heterocycles. The number of alkyl carbamates (subject to hydrolysis) is 1. The molecule has 1 aromatic heterocycles. The molecule has 1 amide bonds. The molecule has 0 saturated carbocycles. The van der Waals surface area contributed by atoms with Crippen LogP contribution in [0.1, 0.15) is 24.6 Å². The van der Waals surface area contributed by atoms with Crippen LogP contribution < -0.4 is 5.32 Å². The number of aryl methyl sites for hydroxylation is 3. The predicted octanol–water partition coefficient (Wildman–Crippen LogP) is 1.41. The van der Waals surface area contributed by atoms with E-state index in [9.17, 15) is 4.79 Å². The zero-order valence-electron chi connectivity index (χ0n) is 10.1. The van der Waals surface area contributed by atoms with Gasteiger partial charge in [-0.1, -0.05) is 0 Å². The highest BCUT2D eigenvalue weighted by Crippen LogP contribution is 2.06. The Kier molecular flexibility index (Phi) is 4.82. The van der Waals surface area contributed by atoms with Crippen molar-refractivity contribution in [1.29, 1.82) is 0 Å². The van der Waals surface area contributed by atoms with Gasteiger partial charge in [-0.05, 0) is 32.3 Å². The van der Waals surface area contributed by atoms with E-state index in [0.29, 0.717) is 13.2 Å². The lowest BCUT2D eigenvalue weighted by Crippen LogP contribution is -2.25. The van der Waals surface area contributed by atoms with Crippen LogP contribution >= 0.6 is 0 Å². The Bertz CT molecular complexity index is 347. The average molecular weight is 225 g/mol. The Hall–Kier alpha value is -1.52. The number of hydrogen-bond acceptors (Lipinski definition) is 3. The van der Waals surface area contributed by atoms with Crippen LogP contribution in [0.3, 0.4) is 0 Å². The standard InChI is InChI=1S/C11H19N3O2/c1-4-16-11(15)12-7-5-6-10-8-14(3)13-9(10)2/h8H,4-7H2,1-3H3,(H,12,15). The van der Waals surface area contributed by atoms with E-state index in [4.69, 9.17) is 4.74 Å². The van der Waals surface area contributed by atoms with Gasteiger partial charge in [0.25, 0.3) is 0 Å². The van der Waals surface area contributed by atoms with Crippen LogP contribution in [0.4, 0.5) is 4.79 Å². The third kappa shape index (κ3) is 3.92. The maximum atomic E-state index is 11.0. The molecule has 0 fully saturated rings. The molecule has 0 saturated heterocycles. The second kappa shape index (κ2) is 6.15. The van der Waals surface area contributed by atoms with Gasteiger partial charge in [0.15, 0.2) is 0 Å². The summed E-state index contributed by atoms with van der Waals surface area (Å²) >= 11 is 0. The Morgan fingerprint density at radius 2 is 2.38 bits per heavy atom. The van der Waals surface area contributed by atoms with Gasteiger partial charge in [0.1, 0.15) is 0 Å². The zero-order chi connectivity index (χ0) is 12.0. The first-order chi connectivity index (χ1) is 7.63. The first-order valence-corrected chi connectivity index (χ1v) is 5.53. The van der Waals surface area contributed by atoms with Gasteiger partial charge in [0.2, 0.25) is 0 Å². The van der Waals surface area contributed by atoms with Crippen molar-refractivity contribution in [2.24, 2.45) is 7.05 Å². The molecular formula is C11H19N3O2. The monoisotopic (exact) mass is 225 g/mol. The van der Waals surface area contributed by atoms with Crippen molar-refractivity contribution in [2.45, 2.75) is 26.7 Å². The smallest absolute Gasteiger partial charge is 0.407 e. The number of nitrogens with zero attached hydrogens (tertiary/aromatic N) is 2. The average Bonchev–Trinajstić information content (AvgIpc) is 2.53. The van der Waals surface area contributed by atoms with Crippen molar-refractivity contribution in [1.82, 2.24) is 15.1 Å². The van der Waals surface area contributed by atoms with Crippen LogP contribution in [-0.4, -0.2) is 29.0 Å². The number of carbonyl (C=O) groups is 1. The molecule has 16 heavy (non-hydrogen) atoms. The number of ether oxygens (including phenoxy) is 1. The van der Waals surface area contributed by atoms with Crippen LogP contribution in [0.25, 0.3) is 0 Å². The second-order valence-corrected chi connectivity index (χ2v) is 3.66. The van der Waals surface area contributed by atoms with Gasteiger partial charge in [-0.25, -0.2) is 4.79 Å². The van der Waals surface area contributed by atoms with Gasteiger partial charge < -0.3 is 10.1 Å². The van der Waals surface area contributed by atoms with E-state index in [0.717, 1.165) is 18.5 Å². The van der Waals surface area contributed by atoms with E-state index in [1.165, 1.54) is 5.56 Å². The summed E-state index contributed by atoms with van der Waals surface area (Å²) in [5, 5.41) is 6.95. The highest BCUT2D eigenvalue weighted by atomic mass is 16.5. The molecule has 0 bridgehead atoms. The van der Waals surface area contributed by atoms with E-state index in [1.807, 2.05) is 24.9 Å². The largest absolute Gasteiger partial charge is 0.450 e. The number of amides is 1. The van der Waals surface area contributed by atoms with Gasteiger partial charge in [-0.3, -0.25) is 4.68 Å². The number of hydrogen-bond donors (Lipinski definition) is 1. The summed E-state index contributed by atoms with van der Waals surface area (Å²) in [6.07, 6.45) is 3.49. The zero-order valence-corrected chi connectivity index (χ0v) is 10.1. The van der Waals surface area contributed by atoms with Crippen LogP contribution in [-0.2, 0) is 18.2 Å². The Balaban J connectivity index is 2.21. The minimum Gasteiger partial charge on any atom is -0.450 e. The summed E-state index contributed by atoms with van der Waals surface area (Å²) in [5.74, 6) is 0. The molecule has 1 heterocycles. The van der Waals surface area contributed by atoms with Gasteiger partial charge in [0, 0.05) is 19.8 Å². The summed E-state index contributed by atoms with van der Waals surface area (Å²) in [7, 11) is 1.91. The fourth-order valence-electron chi connectivity index (χ4n) is 1.55. The van der Waals surface area contributed by atoms with Gasteiger partial charge in [-0.2, -0.15) is 5.10 Å². The minimum absolute atomic E-state index is 0.342. The Morgan fingerprint density at radius 3 is 2.94 bits per heavy atom. The number of rotatable bonds is 5. The summed E-state index contributed by atoms with van der Waals surface area (Å²) in [5.41, 5.74) is 2.28. The third-order valence-electron chi connectivity index (χ3n) is 2.28. The van der Waals surface area contributed by atoms with E-state index < -0.39 is 0 Å². The molecule has 5 heteroatoms. The highest BCUT2D eigenvalue weighted by Gasteiger charge is 2.03. The van der Waals surface area contributed by atoms with Crippen molar-refractivity contribution < 1.29 is 9.53 Å². The lowest BCUT2D eigenvalue weighted by atomic mass is 10.1. The normalized spacial score (nSPS) is 10.2. The van der Waals surface area contributed by atoms with E-state index in [2.05, 4.69) is 10.4 Å². The first-order valence-electron chi connectivity index (χ1n) is 5.53. The number of aromatic nitrogens is 2. The Morgan fingerprint density at radius 1 is 1.62 bits per heavy atom.